The highest BCUT2D eigenvalue weighted by Gasteiger charge is 2.44. The van der Waals surface area contributed by atoms with E-state index in [0.29, 0.717) is 13.0 Å². The summed E-state index contributed by atoms with van der Waals surface area (Å²) in [5.41, 5.74) is -0.648. The Bertz CT molecular complexity index is 385. The van der Waals surface area contributed by atoms with Gasteiger partial charge in [0.25, 0.3) is 0 Å². The fourth-order valence-electron chi connectivity index (χ4n) is 2.72. The molecule has 114 valence electrons. The molecule has 0 spiro atoms. The molecule has 1 heterocycles. The van der Waals surface area contributed by atoms with E-state index in [1.807, 2.05) is 0 Å². The molecule has 1 aliphatic heterocycles. The smallest absolute Gasteiger partial charge is 0.303 e. The Labute approximate surface area is 118 Å². The van der Waals surface area contributed by atoms with Gasteiger partial charge in [-0.2, -0.15) is 0 Å². The van der Waals surface area contributed by atoms with Crippen molar-refractivity contribution in [3.63, 3.8) is 0 Å². The summed E-state index contributed by atoms with van der Waals surface area (Å²) in [6.45, 7) is 0.817. The second kappa shape index (κ2) is 7.23. The number of nitrogens with one attached hydrogen (secondary N) is 1. The van der Waals surface area contributed by atoms with Gasteiger partial charge in [0.1, 0.15) is 0 Å². The Morgan fingerprint density at radius 2 is 2.05 bits per heavy atom. The molecule has 1 fully saturated rings. The lowest BCUT2D eigenvalue weighted by molar-refractivity contribution is -0.144. The monoisotopic (exact) mass is 286 g/mol. The maximum atomic E-state index is 12.2. The van der Waals surface area contributed by atoms with Crippen LogP contribution in [0.2, 0.25) is 0 Å². The number of hydrogen-bond donors (Lipinski definition) is 2. The highest BCUT2D eigenvalue weighted by molar-refractivity contribution is 5.83. The zero-order valence-corrected chi connectivity index (χ0v) is 12.0. The number of nitrogens with zero attached hydrogens (tertiary/aromatic N) is 1. The van der Waals surface area contributed by atoms with Crippen LogP contribution in [-0.4, -0.2) is 60.6 Å². The molecule has 0 aromatic rings. The number of aliphatic carboxylic acids is 1. The Morgan fingerprint density at radius 1 is 1.35 bits per heavy atom. The van der Waals surface area contributed by atoms with Crippen LogP contribution in [0.4, 0.5) is 0 Å². The Kier molecular flexibility index (Phi) is 5.94. The molecule has 7 nitrogen and oxygen atoms in total. The number of rotatable bonds is 7. The van der Waals surface area contributed by atoms with Crippen molar-refractivity contribution in [2.45, 2.75) is 37.6 Å². The van der Waals surface area contributed by atoms with E-state index in [0.717, 1.165) is 6.42 Å². The zero-order chi connectivity index (χ0) is 15.2. The lowest BCUT2D eigenvalue weighted by atomic mass is 9.92. The van der Waals surface area contributed by atoms with Gasteiger partial charge in [-0.05, 0) is 12.8 Å². The molecule has 1 rings (SSSR count). The van der Waals surface area contributed by atoms with Crippen LogP contribution >= 0.6 is 0 Å². The van der Waals surface area contributed by atoms with Crippen molar-refractivity contribution in [1.82, 2.24) is 10.2 Å². The first kappa shape index (κ1) is 16.4. The number of carbonyl (C=O) groups is 3. The summed E-state index contributed by atoms with van der Waals surface area (Å²) in [5.74, 6) is -1.38. The third-order valence-corrected chi connectivity index (χ3v) is 3.63. The molecule has 20 heavy (non-hydrogen) atoms. The van der Waals surface area contributed by atoms with Crippen molar-refractivity contribution < 1.29 is 24.2 Å². The average molecular weight is 286 g/mol. The predicted octanol–water partition coefficient (Wildman–Crippen LogP) is -0.00510. The van der Waals surface area contributed by atoms with Crippen molar-refractivity contribution in [2.24, 2.45) is 0 Å². The van der Waals surface area contributed by atoms with Crippen LogP contribution < -0.4 is 5.32 Å². The summed E-state index contributed by atoms with van der Waals surface area (Å²) in [7, 11) is 3.08. The number of amides is 2. The van der Waals surface area contributed by atoms with E-state index in [4.69, 9.17) is 9.84 Å². The molecule has 2 amide bonds. The van der Waals surface area contributed by atoms with Gasteiger partial charge in [0.2, 0.25) is 11.8 Å². The average Bonchev–Trinajstić information content (AvgIpc) is 2.79. The van der Waals surface area contributed by atoms with Gasteiger partial charge in [-0.25, -0.2) is 0 Å². The SMILES string of the molecule is CNC(=O)C[C@]1(COC)CCCN1C(=O)CCC(=O)O. The van der Waals surface area contributed by atoms with E-state index in [1.54, 1.807) is 11.9 Å². The Hall–Kier alpha value is -1.63. The molecule has 1 aliphatic rings. The number of ether oxygens (including phenoxy) is 1. The van der Waals surface area contributed by atoms with Crippen molar-refractivity contribution in [2.75, 3.05) is 27.3 Å². The Morgan fingerprint density at radius 3 is 2.60 bits per heavy atom. The van der Waals surface area contributed by atoms with Crippen molar-refractivity contribution in [3.8, 4) is 0 Å². The highest BCUT2D eigenvalue weighted by atomic mass is 16.5. The molecule has 1 atom stereocenters. The normalized spacial score (nSPS) is 21.8. The third kappa shape index (κ3) is 3.93. The van der Waals surface area contributed by atoms with Crippen LogP contribution in [0.3, 0.4) is 0 Å². The number of carbonyl (C=O) groups excluding carboxylic acids is 2. The van der Waals surface area contributed by atoms with Crippen LogP contribution in [0.15, 0.2) is 0 Å². The topological polar surface area (TPSA) is 95.9 Å². The van der Waals surface area contributed by atoms with Gasteiger partial charge in [0.15, 0.2) is 0 Å². The third-order valence-electron chi connectivity index (χ3n) is 3.63. The van der Waals surface area contributed by atoms with E-state index in [1.165, 1.54) is 7.11 Å². The summed E-state index contributed by atoms with van der Waals surface area (Å²) >= 11 is 0. The minimum atomic E-state index is -0.999. The molecule has 0 aromatic carbocycles. The summed E-state index contributed by atoms with van der Waals surface area (Å²) in [6.07, 6.45) is 1.41. The number of methoxy groups -OCH3 is 1. The first-order chi connectivity index (χ1) is 9.45. The van der Waals surface area contributed by atoms with Gasteiger partial charge in [0, 0.05) is 27.1 Å². The summed E-state index contributed by atoms with van der Waals surface area (Å²) in [5, 5.41) is 11.2. The summed E-state index contributed by atoms with van der Waals surface area (Å²) in [4.78, 5) is 36.1. The first-order valence-corrected chi connectivity index (χ1v) is 6.67. The number of hydrogen-bond acceptors (Lipinski definition) is 4. The van der Waals surface area contributed by atoms with Crippen LogP contribution in [0.1, 0.15) is 32.1 Å². The second-order valence-corrected chi connectivity index (χ2v) is 5.05. The van der Waals surface area contributed by atoms with Gasteiger partial charge in [-0.15, -0.1) is 0 Å². The zero-order valence-electron chi connectivity index (χ0n) is 12.0. The lowest BCUT2D eigenvalue weighted by Crippen LogP contribution is -2.52. The molecule has 0 aliphatic carbocycles. The van der Waals surface area contributed by atoms with Crippen LogP contribution in [-0.2, 0) is 19.1 Å². The van der Waals surface area contributed by atoms with E-state index >= 15 is 0 Å². The molecular weight excluding hydrogens is 264 g/mol. The van der Waals surface area contributed by atoms with Crippen molar-refractivity contribution in [1.29, 1.82) is 0 Å². The molecule has 1 saturated heterocycles. The Balaban J connectivity index is 2.82. The van der Waals surface area contributed by atoms with Crippen LogP contribution in [0.5, 0.6) is 0 Å². The molecule has 2 N–H and O–H groups in total. The van der Waals surface area contributed by atoms with Crippen molar-refractivity contribution in [3.05, 3.63) is 0 Å². The molecule has 0 bridgehead atoms. The maximum absolute atomic E-state index is 12.2. The van der Waals surface area contributed by atoms with Gasteiger partial charge >= 0.3 is 5.97 Å². The van der Waals surface area contributed by atoms with Crippen LogP contribution in [0.25, 0.3) is 0 Å². The van der Waals surface area contributed by atoms with Gasteiger partial charge in [-0.3, -0.25) is 14.4 Å². The summed E-state index contributed by atoms with van der Waals surface area (Å²) < 4.78 is 5.19. The van der Waals surface area contributed by atoms with Gasteiger partial charge in [-0.1, -0.05) is 0 Å². The molecular formula is C13H22N2O5. The van der Waals surface area contributed by atoms with Crippen molar-refractivity contribution >= 4 is 17.8 Å². The number of carboxylic acids is 1. The summed E-state index contributed by atoms with van der Waals surface area (Å²) in [6, 6.07) is 0. The number of carboxylic acid groups (broad SMARTS) is 1. The second-order valence-electron chi connectivity index (χ2n) is 5.05. The quantitative estimate of drug-likeness (QED) is 0.686. The molecule has 0 unspecified atom stereocenters. The first-order valence-electron chi connectivity index (χ1n) is 6.67. The minimum Gasteiger partial charge on any atom is -0.481 e. The molecule has 7 heteroatoms. The van der Waals surface area contributed by atoms with Gasteiger partial charge < -0.3 is 20.1 Å². The maximum Gasteiger partial charge on any atom is 0.303 e. The standard InChI is InChI=1S/C13H22N2O5/c1-14-10(16)8-13(9-20-2)6-3-7-15(13)11(17)4-5-12(18)19/h3-9H2,1-2H3,(H,14,16)(H,18,19)/t13-/m0/s1. The van der Waals surface area contributed by atoms with Crippen LogP contribution in [0, 0.1) is 0 Å². The minimum absolute atomic E-state index is 0.0471. The van der Waals surface area contributed by atoms with Gasteiger partial charge in [0.05, 0.1) is 25.0 Å². The molecule has 0 saturated carbocycles. The number of likely N-dealkylation sites (tertiary alicyclic amines) is 1. The van der Waals surface area contributed by atoms with E-state index in [-0.39, 0.29) is 37.7 Å². The lowest BCUT2D eigenvalue weighted by Gasteiger charge is -2.37. The largest absolute Gasteiger partial charge is 0.481 e. The van der Waals surface area contributed by atoms with E-state index < -0.39 is 11.5 Å². The fraction of sp³-hybridized carbons (Fsp3) is 0.769. The predicted molar refractivity (Wildman–Crippen MR) is 71.1 cm³/mol. The molecule has 0 aromatic heterocycles. The van der Waals surface area contributed by atoms with E-state index in [2.05, 4.69) is 5.32 Å². The fourth-order valence-corrected chi connectivity index (χ4v) is 2.72. The highest BCUT2D eigenvalue weighted by Crippen LogP contribution is 2.33. The van der Waals surface area contributed by atoms with E-state index in [9.17, 15) is 14.4 Å². The molecule has 0 radical (unpaired) electrons.